The van der Waals surface area contributed by atoms with E-state index in [0.29, 0.717) is 36.1 Å². The maximum atomic E-state index is 13.7. The summed E-state index contributed by atoms with van der Waals surface area (Å²) in [5.74, 6) is -1.51. The minimum atomic E-state index is -0.799. The summed E-state index contributed by atoms with van der Waals surface area (Å²) in [6, 6.07) is 9.25. The van der Waals surface area contributed by atoms with Gasteiger partial charge >= 0.3 is 0 Å². The zero-order valence-corrected chi connectivity index (χ0v) is 22.5. The van der Waals surface area contributed by atoms with Crippen LogP contribution in [-0.2, 0) is 9.59 Å². The summed E-state index contributed by atoms with van der Waals surface area (Å²) in [6.07, 6.45) is 0.877. The van der Waals surface area contributed by atoms with Crippen LogP contribution in [0.3, 0.4) is 0 Å². The van der Waals surface area contributed by atoms with Crippen LogP contribution in [0.15, 0.2) is 42.5 Å². The summed E-state index contributed by atoms with van der Waals surface area (Å²) in [5.41, 5.74) is 2.06. The number of aryl methyl sites for hydroxylation is 1. The molecule has 3 amide bonds. The van der Waals surface area contributed by atoms with Crippen LogP contribution in [0.2, 0.25) is 0 Å². The first-order valence-electron chi connectivity index (χ1n) is 13.0. The molecular formula is C29H35FN4O4. The van der Waals surface area contributed by atoms with Crippen molar-refractivity contribution in [1.29, 1.82) is 0 Å². The van der Waals surface area contributed by atoms with E-state index in [4.69, 9.17) is 0 Å². The first kappa shape index (κ1) is 27.3. The highest BCUT2D eigenvalue weighted by atomic mass is 19.1. The zero-order chi connectivity index (χ0) is 27.7. The average Bonchev–Trinajstić information content (AvgIpc) is 3.45. The average molecular weight is 523 g/mol. The number of halogens is 1. The molecule has 4 rings (SSSR count). The normalized spacial score (nSPS) is 19.5. The molecule has 0 aliphatic carbocycles. The van der Waals surface area contributed by atoms with Gasteiger partial charge in [-0.3, -0.25) is 19.2 Å². The lowest BCUT2D eigenvalue weighted by Gasteiger charge is -2.29. The second kappa shape index (κ2) is 10.9. The molecule has 2 aromatic rings. The first-order valence-corrected chi connectivity index (χ1v) is 13.0. The number of carbonyl (C=O) groups excluding carboxylic acids is 4. The Balaban J connectivity index is 1.50. The Morgan fingerprint density at radius 3 is 2.32 bits per heavy atom. The number of likely N-dealkylation sites (tertiary alicyclic amines) is 2. The molecule has 2 aliphatic rings. The predicted octanol–water partition coefficient (Wildman–Crippen LogP) is 3.04. The van der Waals surface area contributed by atoms with E-state index in [2.05, 4.69) is 5.32 Å². The lowest BCUT2D eigenvalue weighted by atomic mass is 10.0. The van der Waals surface area contributed by atoms with E-state index >= 15 is 0 Å². The van der Waals surface area contributed by atoms with Crippen molar-refractivity contribution in [1.82, 2.24) is 15.1 Å². The van der Waals surface area contributed by atoms with Crippen molar-refractivity contribution in [3.05, 3.63) is 65.0 Å². The summed E-state index contributed by atoms with van der Waals surface area (Å²) in [7, 11) is 3.82. The van der Waals surface area contributed by atoms with Gasteiger partial charge in [0.2, 0.25) is 5.91 Å². The Kier molecular flexibility index (Phi) is 7.85. The Morgan fingerprint density at radius 2 is 1.71 bits per heavy atom. The lowest BCUT2D eigenvalue weighted by Crippen LogP contribution is -2.53. The van der Waals surface area contributed by atoms with Gasteiger partial charge in [0.05, 0.1) is 12.6 Å². The number of nitrogens with one attached hydrogen (secondary N) is 1. The summed E-state index contributed by atoms with van der Waals surface area (Å²) in [4.78, 5) is 58.0. The van der Waals surface area contributed by atoms with Crippen LogP contribution in [0.25, 0.3) is 0 Å². The molecule has 0 bridgehead atoms. The maximum Gasteiger partial charge on any atom is 0.254 e. The van der Waals surface area contributed by atoms with Gasteiger partial charge in [-0.15, -0.1) is 0 Å². The first-order chi connectivity index (χ1) is 18.0. The molecular weight excluding hydrogens is 487 g/mol. The van der Waals surface area contributed by atoms with Gasteiger partial charge in [-0.25, -0.2) is 4.39 Å². The van der Waals surface area contributed by atoms with Gasteiger partial charge in [-0.2, -0.15) is 0 Å². The van der Waals surface area contributed by atoms with Gasteiger partial charge in [0.1, 0.15) is 17.9 Å². The van der Waals surface area contributed by atoms with Crippen LogP contribution in [0, 0.1) is 18.7 Å². The van der Waals surface area contributed by atoms with E-state index in [1.54, 1.807) is 19.1 Å². The minimum absolute atomic E-state index is 0.103. The Labute approximate surface area is 222 Å². The Hall–Kier alpha value is -3.75. The molecule has 2 aliphatic heterocycles. The van der Waals surface area contributed by atoms with Gasteiger partial charge in [-0.05, 0) is 73.7 Å². The van der Waals surface area contributed by atoms with Crippen LogP contribution in [-0.4, -0.2) is 78.6 Å². The molecule has 2 aromatic carbocycles. The number of carbonyl (C=O) groups is 4. The van der Waals surface area contributed by atoms with Gasteiger partial charge in [0.25, 0.3) is 11.8 Å². The third-order valence-corrected chi connectivity index (χ3v) is 7.33. The fraction of sp³-hybridized carbons (Fsp3) is 0.448. The Bertz CT molecular complexity index is 1240. The van der Waals surface area contributed by atoms with Crippen molar-refractivity contribution in [2.75, 3.05) is 32.1 Å². The highest BCUT2D eigenvalue weighted by Crippen LogP contribution is 2.32. The van der Waals surface area contributed by atoms with Crippen LogP contribution >= 0.6 is 0 Å². The van der Waals surface area contributed by atoms with E-state index in [1.807, 2.05) is 45.0 Å². The summed E-state index contributed by atoms with van der Waals surface area (Å²) < 4.78 is 13.7. The maximum absolute atomic E-state index is 13.7. The molecule has 38 heavy (non-hydrogen) atoms. The van der Waals surface area contributed by atoms with E-state index in [9.17, 15) is 23.6 Å². The third kappa shape index (κ3) is 5.42. The zero-order valence-electron chi connectivity index (χ0n) is 22.5. The number of hydrogen-bond acceptors (Lipinski definition) is 5. The molecule has 0 saturated carbocycles. The molecule has 8 nitrogen and oxygen atoms in total. The molecule has 0 aromatic heterocycles. The van der Waals surface area contributed by atoms with Crippen molar-refractivity contribution < 1.29 is 23.6 Å². The molecule has 3 atom stereocenters. The van der Waals surface area contributed by atoms with Gasteiger partial charge in [-0.1, -0.05) is 13.8 Å². The minimum Gasteiger partial charge on any atom is -0.378 e. The van der Waals surface area contributed by atoms with Crippen LogP contribution in [0.4, 0.5) is 10.1 Å². The number of fused-ring (bicyclic) bond motifs is 1. The fourth-order valence-electron chi connectivity index (χ4n) is 5.33. The lowest BCUT2D eigenvalue weighted by molar-refractivity contribution is -0.138. The number of Topliss-reactive ketones (excluding diaryl/α,β-unsaturated/α-hetero) is 1. The monoisotopic (exact) mass is 522 g/mol. The quantitative estimate of drug-likeness (QED) is 0.604. The Morgan fingerprint density at radius 1 is 1.05 bits per heavy atom. The van der Waals surface area contributed by atoms with Crippen molar-refractivity contribution in [2.24, 2.45) is 5.92 Å². The summed E-state index contributed by atoms with van der Waals surface area (Å²) in [6.45, 7) is 5.73. The van der Waals surface area contributed by atoms with E-state index in [-0.39, 0.29) is 36.0 Å². The molecule has 2 fully saturated rings. The standard InChI is InChI=1S/C29H35FN4O4/c1-17(2)14-23(31-27(36)19-6-9-21(10-7-19)32(4)5)29(38)33-13-12-24-26(33)25(35)16-34(24)28(37)20-8-11-22(30)18(3)15-20/h6-11,15,17,23-24,26H,12-14,16H2,1-5H3,(H,31,36). The van der Waals surface area contributed by atoms with E-state index < -0.39 is 23.9 Å². The van der Waals surface area contributed by atoms with Gasteiger partial charge in [0.15, 0.2) is 5.78 Å². The van der Waals surface area contributed by atoms with Crippen molar-refractivity contribution in [3.63, 3.8) is 0 Å². The summed E-state index contributed by atoms with van der Waals surface area (Å²) >= 11 is 0. The molecule has 9 heteroatoms. The van der Waals surface area contributed by atoms with Crippen molar-refractivity contribution >= 4 is 29.2 Å². The molecule has 2 saturated heterocycles. The third-order valence-electron chi connectivity index (χ3n) is 7.33. The van der Waals surface area contributed by atoms with E-state index in [1.165, 1.54) is 28.0 Å². The highest BCUT2D eigenvalue weighted by Gasteiger charge is 2.52. The largest absolute Gasteiger partial charge is 0.378 e. The molecule has 0 spiro atoms. The SMILES string of the molecule is Cc1cc(C(=O)N2CC(=O)C3C2CCN3C(=O)C(CC(C)C)NC(=O)c2ccc(N(C)C)cc2)ccc1F. The number of ketones is 1. The number of benzene rings is 2. The molecule has 3 unspecified atom stereocenters. The number of hydrogen-bond donors (Lipinski definition) is 1. The molecule has 202 valence electrons. The van der Waals surface area contributed by atoms with Crippen molar-refractivity contribution in [2.45, 2.75) is 51.7 Å². The molecule has 2 heterocycles. The summed E-state index contributed by atoms with van der Waals surface area (Å²) in [5, 5.41) is 2.88. The van der Waals surface area contributed by atoms with Crippen LogP contribution in [0.5, 0.6) is 0 Å². The van der Waals surface area contributed by atoms with Crippen LogP contribution in [0.1, 0.15) is 53.0 Å². The fourth-order valence-corrected chi connectivity index (χ4v) is 5.33. The van der Waals surface area contributed by atoms with Crippen molar-refractivity contribution in [3.8, 4) is 0 Å². The number of rotatable bonds is 7. The second-order valence-corrected chi connectivity index (χ2v) is 10.8. The number of nitrogens with zero attached hydrogens (tertiary/aromatic N) is 3. The highest BCUT2D eigenvalue weighted by molar-refractivity contribution is 6.03. The number of amides is 3. The van der Waals surface area contributed by atoms with E-state index in [0.717, 1.165) is 5.69 Å². The smallest absolute Gasteiger partial charge is 0.254 e. The molecule has 0 radical (unpaired) electrons. The van der Waals surface area contributed by atoms with Gasteiger partial charge in [0, 0.05) is 37.5 Å². The van der Waals surface area contributed by atoms with Crippen LogP contribution < -0.4 is 10.2 Å². The topological polar surface area (TPSA) is 90.0 Å². The molecule has 1 N–H and O–H groups in total. The van der Waals surface area contributed by atoms with Gasteiger partial charge < -0.3 is 20.0 Å². The number of anilines is 1. The second-order valence-electron chi connectivity index (χ2n) is 10.8. The predicted molar refractivity (Wildman–Crippen MR) is 143 cm³/mol.